The van der Waals surface area contributed by atoms with E-state index < -0.39 is 19.7 Å². The van der Waals surface area contributed by atoms with Crippen LogP contribution in [0.4, 0.5) is 0 Å². The molecule has 0 saturated heterocycles. The average molecular weight is 286 g/mol. The zero-order valence-electron chi connectivity index (χ0n) is 11.4. The summed E-state index contributed by atoms with van der Waals surface area (Å²) in [5.74, 6) is -0.100. The Hall–Kier alpha value is -1.32. The van der Waals surface area contributed by atoms with Gasteiger partial charge in [0.2, 0.25) is 0 Å². The Morgan fingerprint density at radius 2 is 1.89 bits per heavy atom. The number of esters is 1. The maximum atomic E-state index is 12.4. The molecule has 0 aliphatic carbocycles. The molecule has 0 bridgehead atoms. The van der Waals surface area contributed by atoms with Gasteiger partial charge in [-0.1, -0.05) is 25.1 Å². The lowest BCUT2D eigenvalue weighted by Gasteiger charge is -2.21. The van der Waals surface area contributed by atoms with E-state index in [-0.39, 0.29) is 12.8 Å². The molecular weight excluding hydrogens is 267 g/mol. The quantitative estimate of drug-likeness (QED) is 0.568. The van der Waals surface area contributed by atoms with E-state index >= 15 is 0 Å². The third kappa shape index (κ3) is 5.05. The molecule has 2 atom stereocenters. The van der Waals surface area contributed by atoms with E-state index in [1.807, 2.05) is 6.07 Å². The molecule has 6 heteroatoms. The number of ether oxygens (including phenoxy) is 1. The summed E-state index contributed by atoms with van der Waals surface area (Å²) in [6.45, 7) is 5.13. The van der Waals surface area contributed by atoms with E-state index in [2.05, 4.69) is 0 Å². The number of benzene rings is 1. The summed E-state index contributed by atoms with van der Waals surface area (Å²) in [4.78, 5) is 11.5. The van der Waals surface area contributed by atoms with Gasteiger partial charge in [0.15, 0.2) is 6.10 Å². The molecule has 0 aliphatic rings. The van der Waals surface area contributed by atoms with Crippen LogP contribution in [0.3, 0.4) is 0 Å². The second kappa shape index (κ2) is 7.31. The van der Waals surface area contributed by atoms with E-state index in [4.69, 9.17) is 13.8 Å². The molecule has 19 heavy (non-hydrogen) atoms. The summed E-state index contributed by atoms with van der Waals surface area (Å²) in [5.41, 5.74) is 0. The normalized spacial score (nSPS) is 15.3. The third-order valence-corrected chi connectivity index (χ3v) is 4.21. The minimum absolute atomic E-state index is 0.172. The van der Waals surface area contributed by atoms with Crippen LogP contribution in [0.15, 0.2) is 30.3 Å². The molecule has 1 unspecified atom stereocenters. The maximum absolute atomic E-state index is 12.4. The van der Waals surface area contributed by atoms with Crippen molar-refractivity contribution in [2.45, 2.75) is 26.9 Å². The minimum atomic E-state index is -3.36. The Labute approximate surface area is 113 Å². The largest absolute Gasteiger partial charge is 0.464 e. The van der Waals surface area contributed by atoms with Gasteiger partial charge in [-0.3, -0.25) is 4.52 Å². The number of hydrogen-bond donors (Lipinski definition) is 0. The highest BCUT2D eigenvalue weighted by atomic mass is 31.2. The molecule has 5 nitrogen and oxygen atoms in total. The Kier molecular flexibility index (Phi) is 6.06. The van der Waals surface area contributed by atoms with E-state index in [9.17, 15) is 9.36 Å². The maximum Gasteiger partial charge on any atom is 0.379 e. The standard InChI is InChI=1S/C13H19O5P/c1-4-16-13(14)11(3)17-19(15,5-2)18-12-9-7-6-8-10-12/h6-11H,4-5H2,1-3H3/t11-,19?/m0/s1. The molecule has 0 aliphatic heterocycles. The molecule has 0 fully saturated rings. The summed E-state index contributed by atoms with van der Waals surface area (Å²) in [5, 5.41) is 0. The fourth-order valence-corrected chi connectivity index (χ4v) is 2.68. The predicted octanol–water partition coefficient (Wildman–Crippen LogP) is 3.25. The molecule has 0 spiro atoms. The summed E-state index contributed by atoms with van der Waals surface area (Å²) in [6.07, 6.45) is -0.750. The molecule has 0 aromatic heterocycles. The molecule has 1 aromatic carbocycles. The lowest BCUT2D eigenvalue weighted by atomic mass is 10.3. The molecular formula is C13H19O5P. The van der Waals surface area contributed by atoms with Crippen molar-refractivity contribution in [2.75, 3.05) is 12.8 Å². The highest BCUT2D eigenvalue weighted by Crippen LogP contribution is 2.48. The molecule has 0 radical (unpaired) electrons. The number of rotatable bonds is 7. The van der Waals surface area contributed by atoms with Crippen molar-refractivity contribution in [3.8, 4) is 5.75 Å². The van der Waals surface area contributed by atoms with Crippen molar-refractivity contribution in [1.29, 1.82) is 0 Å². The highest BCUT2D eigenvalue weighted by molar-refractivity contribution is 7.54. The first-order chi connectivity index (χ1) is 9.00. The molecule has 0 saturated carbocycles. The second-order valence-electron chi connectivity index (χ2n) is 3.83. The lowest BCUT2D eigenvalue weighted by molar-refractivity contribution is -0.150. The van der Waals surface area contributed by atoms with Crippen LogP contribution in [0.2, 0.25) is 0 Å². The lowest BCUT2D eigenvalue weighted by Crippen LogP contribution is -2.23. The van der Waals surface area contributed by atoms with Gasteiger partial charge in [0.1, 0.15) is 5.75 Å². The van der Waals surface area contributed by atoms with Gasteiger partial charge in [0, 0.05) is 0 Å². The zero-order chi connectivity index (χ0) is 14.3. The summed E-state index contributed by atoms with van der Waals surface area (Å²) in [6, 6.07) is 8.72. The fourth-order valence-electron chi connectivity index (χ4n) is 1.35. The number of hydrogen-bond acceptors (Lipinski definition) is 5. The Balaban J connectivity index is 2.70. The smallest absolute Gasteiger partial charge is 0.379 e. The molecule has 0 heterocycles. The van der Waals surface area contributed by atoms with E-state index in [1.165, 1.54) is 6.92 Å². The van der Waals surface area contributed by atoms with Crippen LogP contribution in [0.1, 0.15) is 20.8 Å². The first kappa shape index (κ1) is 15.7. The Bertz CT molecular complexity index is 446. The van der Waals surface area contributed by atoms with Gasteiger partial charge >= 0.3 is 13.6 Å². The van der Waals surface area contributed by atoms with Gasteiger partial charge in [-0.05, 0) is 26.0 Å². The summed E-state index contributed by atoms with van der Waals surface area (Å²) in [7, 11) is -3.36. The number of carbonyl (C=O) groups excluding carboxylic acids is 1. The van der Waals surface area contributed by atoms with Crippen molar-refractivity contribution in [2.24, 2.45) is 0 Å². The second-order valence-corrected chi connectivity index (χ2v) is 6.08. The first-order valence-electron chi connectivity index (χ1n) is 6.19. The Morgan fingerprint density at radius 3 is 2.42 bits per heavy atom. The van der Waals surface area contributed by atoms with Crippen LogP contribution >= 0.6 is 7.60 Å². The van der Waals surface area contributed by atoms with Crippen LogP contribution < -0.4 is 4.52 Å². The molecule has 106 valence electrons. The van der Waals surface area contributed by atoms with Gasteiger partial charge in [0.25, 0.3) is 0 Å². The highest BCUT2D eigenvalue weighted by Gasteiger charge is 2.30. The van der Waals surface area contributed by atoms with Crippen LogP contribution in [0.5, 0.6) is 5.75 Å². The van der Waals surface area contributed by atoms with Gasteiger partial charge in [-0.15, -0.1) is 0 Å². The predicted molar refractivity (Wildman–Crippen MR) is 72.4 cm³/mol. The van der Waals surface area contributed by atoms with Gasteiger partial charge < -0.3 is 9.26 Å². The minimum Gasteiger partial charge on any atom is -0.464 e. The van der Waals surface area contributed by atoms with Gasteiger partial charge in [-0.25, -0.2) is 9.36 Å². The van der Waals surface area contributed by atoms with Crippen LogP contribution in [0, 0.1) is 0 Å². The number of para-hydroxylation sites is 1. The van der Waals surface area contributed by atoms with E-state index in [0.29, 0.717) is 5.75 Å². The monoisotopic (exact) mass is 286 g/mol. The topological polar surface area (TPSA) is 61.8 Å². The molecule has 0 amide bonds. The van der Waals surface area contributed by atoms with Crippen molar-refractivity contribution in [3.05, 3.63) is 30.3 Å². The van der Waals surface area contributed by atoms with Crippen LogP contribution in [-0.4, -0.2) is 24.8 Å². The molecule has 1 aromatic rings. The third-order valence-electron chi connectivity index (χ3n) is 2.31. The van der Waals surface area contributed by atoms with Crippen molar-refractivity contribution < 1.29 is 23.1 Å². The first-order valence-corrected chi connectivity index (χ1v) is 7.92. The van der Waals surface area contributed by atoms with Crippen molar-refractivity contribution in [3.63, 3.8) is 0 Å². The Morgan fingerprint density at radius 1 is 1.26 bits per heavy atom. The average Bonchev–Trinajstić information content (AvgIpc) is 2.40. The van der Waals surface area contributed by atoms with E-state index in [1.54, 1.807) is 38.1 Å². The molecule has 1 rings (SSSR count). The summed E-state index contributed by atoms with van der Waals surface area (Å²) >= 11 is 0. The van der Waals surface area contributed by atoms with Gasteiger partial charge in [0.05, 0.1) is 12.8 Å². The van der Waals surface area contributed by atoms with E-state index in [0.717, 1.165) is 0 Å². The van der Waals surface area contributed by atoms with Crippen LogP contribution in [-0.2, 0) is 18.6 Å². The van der Waals surface area contributed by atoms with Gasteiger partial charge in [-0.2, -0.15) is 0 Å². The SMILES string of the molecule is CCOC(=O)[C@H](C)OP(=O)(CC)Oc1ccccc1. The van der Waals surface area contributed by atoms with Crippen molar-refractivity contribution >= 4 is 13.6 Å². The fraction of sp³-hybridized carbons (Fsp3) is 0.462. The molecule has 0 N–H and O–H groups in total. The van der Waals surface area contributed by atoms with Crippen molar-refractivity contribution in [1.82, 2.24) is 0 Å². The van der Waals surface area contributed by atoms with Crippen LogP contribution in [0.25, 0.3) is 0 Å². The number of carbonyl (C=O) groups is 1. The zero-order valence-corrected chi connectivity index (χ0v) is 12.3. The summed E-state index contributed by atoms with van der Waals surface area (Å²) < 4.78 is 27.9.